The predicted molar refractivity (Wildman–Crippen MR) is 83.2 cm³/mol. The fraction of sp³-hybridized carbons (Fsp3) is 0.235. The number of primary amides is 1. The van der Waals surface area contributed by atoms with Crippen molar-refractivity contribution in [1.82, 2.24) is 5.32 Å². The van der Waals surface area contributed by atoms with E-state index in [-0.39, 0.29) is 6.04 Å². The first-order valence-corrected chi connectivity index (χ1v) is 6.86. The molecule has 21 heavy (non-hydrogen) atoms. The molecule has 110 valence electrons. The van der Waals surface area contributed by atoms with Crippen LogP contribution in [-0.2, 0) is 6.54 Å². The molecule has 0 spiro atoms. The number of nitrogens with two attached hydrogens (primary N) is 1. The van der Waals surface area contributed by atoms with Gasteiger partial charge in [0.1, 0.15) is 5.75 Å². The van der Waals surface area contributed by atoms with Crippen molar-refractivity contribution < 1.29 is 9.53 Å². The monoisotopic (exact) mass is 284 g/mol. The normalized spacial score (nSPS) is 11.9. The van der Waals surface area contributed by atoms with Crippen LogP contribution in [0.3, 0.4) is 0 Å². The summed E-state index contributed by atoms with van der Waals surface area (Å²) in [6.45, 7) is 2.84. The largest absolute Gasteiger partial charge is 0.497 e. The molecular formula is C17H20N2O2. The number of rotatable bonds is 6. The molecule has 0 aliphatic heterocycles. The fourth-order valence-corrected chi connectivity index (χ4v) is 2.07. The number of hydrogen-bond donors (Lipinski definition) is 2. The summed E-state index contributed by atoms with van der Waals surface area (Å²) in [7, 11) is 1.66. The summed E-state index contributed by atoms with van der Waals surface area (Å²) in [4.78, 5) is 11.0. The van der Waals surface area contributed by atoms with E-state index in [1.807, 2.05) is 36.4 Å². The van der Waals surface area contributed by atoms with Crippen molar-refractivity contribution in [2.45, 2.75) is 19.5 Å². The number of benzene rings is 2. The van der Waals surface area contributed by atoms with E-state index in [9.17, 15) is 4.79 Å². The Morgan fingerprint density at radius 1 is 1.14 bits per heavy atom. The number of carbonyl (C=O) groups excluding carboxylic acids is 1. The Labute approximate surface area is 124 Å². The first-order chi connectivity index (χ1) is 10.1. The van der Waals surface area contributed by atoms with Gasteiger partial charge in [0.2, 0.25) is 5.91 Å². The number of nitrogens with one attached hydrogen (secondary N) is 1. The maximum atomic E-state index is 11.0. The molecule has 1 atom stereocenters. The molecule has 0 aromatic heterocycles. The van der Waals surface area contributed by atoms with Crippen LogP contribution in [0.15, 0.2) is 48.5 Å². The van der Waals surface area contributed by atoms with Crippen molar-refractivity contribution in [1.29, 1.82) is 0 Å². The van der Waals surface area contributed by atoms with Crippen LogP contribution in [0.5, 0.6) is 5.75 Å². The molecule has 2 rings (SSSR count). The van der Waals surface area contributed by atoms with Gasteiger partial charge in [-0.1, -0.05) is 24.3 Å². The third-order valence-electron chi connectivity index (χ3n) is 3.47. The van der Waals surface area contributed by atoms with Crippen LogP contribution in [0.2, 0.25) is 0 Å². The van der Waals surface area contributed by atoms with Crippen LogP contribution in [-0.4, -0.2) is 13.0 Å². The van der Waals surface area contributed by atoms with E-state index in [1.54, 1.807) is 19.2 Å². The van der Waals surface area contributed by atoms with E-state index < -0.39 is 5.91 Å². The Morgan fingerprint density at radius 3 is 2.29 bits per heavy atom. The topological polar surface area (TPSA) is 64.3 Å². The van der Waals surface area contributed by atoms with Gasteiger partial charge in [0.15, 0.2) is 0 Å². The summed E-state index contributed by atoms with van der Waals surface area (Å²) in [6, 6.07) is 15.5. The first-order valence-electron chi connectivity index (χ1n) is 6.86. The van der Waals surface area contributed by atoms with Gasteiger partial charge in [-0.05, 0) is 42.3 Å². The van der Waals surface area contributed by atoms with E-state index >= 15 is 0 Å². The minimum absolute atomic E-state index is 0.228. The number of ether oxygens (including phenoxy) is 1. The molecular weight excluding hydrogens is 264 g/mol. The highest BCUT2D eigenvalue weighted by molar-refractivity contribution is 5.92. The van der Waals surface area contributed by atoms with E-state index in [0.29, 0.717) is 5.56 Å². The average Bonchev–Trinajstić information content (AvgIpc) is 2.53. The quantitative estimate of drug-likeness (QED) is 0.857. The van der Waals surface area contributed by atoms with E-state index in [2.05, 4.69) is 12.2 Å². The van der Waals surface area contributed by atoms with Crippen molar-refractivity contribution in [3.63, 3.8) is 0 Å². The lowest BCUT2D eigenvalue weighted by molar-refractivity contribution is 0.100. The van der Waals surface area contributed by atoms with Crippen molar-refractivity contribution >= 4 is 5.91 Å². The number of methoxy groups -OCH3 is 1. The van der Waals surface area contributed by atoms with Gasteiger partial charge in [-0.25, -0.2) is 0 Å². The standard InChI is InChI=1S/C17H20N2O2/c1-12(14-7-9-16(21-2)10-8-14)19-11-13-3-5-15(6-4-13)17(18)20/h3-10,12,19H,11H2,1-2H3,(H2,18,20)/t12-/m0/s1. The van der Waals surface area contributed by atoms with E-state index in [0.717, 1.165) is 17.9 Å². The summed E-state index contributed by atoms with van der Waals surface area (Å²) >= 11 is 0. The summed E-state index contributed by atoms with van der Waals surface area (Å²) in [5.74, 6) is 0.453. The minimum Gasteiger partial charge on any atom is -0.497 e. The molecule has 2 aromatic carbocycles. The second-order valence-corrected chi connectivity index (χ2v) is 4.94. The molecule has 0 saturated carbocycles. The maximum absolute atomic E-state index is 11.0. The van der Waals surface area contributed by atoms with Crippen molar-refractivity contribution in [2.75, 3.05) is 7.11 Å². The van der Waals surface area contributed by atoms with Gasteiger partial charge in [-0.2, -0.15) is 0 Å². The van der Waals surface area contributed by atoms with Crippen LogP contribution < -0.4 is 15.8 Å². The lowest BCUT2D eigenvalue weighted by Crippen LogP contribution is -2.18. The lowest BCUT2D eigenvalue weighted by Gasteiger charge is -2.15. The SMILES string of the molecule is COc1ccc([C@H](C)NCc2ccc(C(N)=O)cc2)cc1. The molecule has 0 aliphatic rings. The molecule has 4 heteroatoms. The van der Waals surface area contributed by atoms with Crippen LogP contribution >= 0.6 is 0 Å². The molecule has 0 unspecified atom stereocenters. The molecule has 4 nitrogen and oxygen atoms in total. The zero-order valence-electron chi connectivity index (χ0n) is 12.3. The molecule has 0 fully saturated rings. The highest BCUT2D eigenvalue weighted by Crippen LogP contribution is 2.17. The van der Waals surface area contributed by atoms with Gasteiger partial charge in [0, 0.05) is 18.2 Å². The summed E-state index contributed by atoms with van der Waals surface area (Å²) in [6.07, 6.45) is 0. The number of amides is 1. The molecule has 2 aromatic rings. The van der Waals surface area contributed by atoms with Crippen molar-refractivity contribution in [3.8, 4) is 5.75 Å². The molecule has 3 N–H and O–H groups in total. The highest BCUT2D eigenvalue weighted by atomic mass is 16.5. The van der Waals surface area contributed by atoms with Crippen LogP contribution in [0.1, 0.15) is 34.5 Å². The Morgan fingerprint density at radius 2 is 1.76 bits per heavy atom. The Kier molecular flexibility index (Phi) is 4.95. The van der Waals surface area contributed by atoms with Gasteiger partial charge in [0.25, 0.3) is 0 Å². The zero-order chi connectivity index (χ0) is 15.2. The Hall–Kier alpha value is -2.33. The lowest BCUT2D eigenvalue weighted by atomic mass is 10.1. The van der Waals surface area contributed by atoms with Gasteiger partial charge in [-0.3, -0.25) is 4.79 Å². The minimum atomic E-state index is -0.402. The van der Waals surface area contributed by atoms with E-state index in [1.165, 1.54) is 5.56 Å². The van der Waals surface area contributed by atoms with Gasteiger partial charge in [-0.15, -0.1) is 0 Å². The van der Waals surface area contributed by atoms with Crippen LogP contribution in [0.4, 0.5) is 0 Å². The van der Waals surface area contributed by atoms with Crippen LogP contribution in [0.25, 0.3) is 0 Å². The van der Waals surface area contributed by atoms with Gasteiger partial charge >= 0.3 is 0 Å². The smallest absolute Gasteiger partial charge is 0.248 e. The number of carbonyl (C=O) groups is 1. The molecule has 0 radical (unpaired) electrons. The highest BCUT2D eigenvalue weighted by Gasteiger charge is 2.05. The van der Waals surface area contributed by atoms with Crippen molar-refractivity contribution in [2.24, 2.45) is 5.73 Å². The number of hydrogen-bond acceptors (Lipinski definition) is 3. The van der Waals surface area contributed by atoms with Crippen LogP contribution in [0, 0.1) is 0 Å². The third kappa shape index (κ3) is 4.07. The van der Waals surface area contributed by atoms with E-state index in [4.69, 9.17) is 10.5 Å². The third-order valence-corrected chi connectivity index (χ3v) is 3.47. The first kappa shape index (κ1) is 15.1. The second kappa shape index (κ2) is 6.90. The fourth-order valence-electron chi connectivity index (χ4n) is 2.07. The van der Waals surface area contributed by atoms with Gasteiger partial charge in [0.05, 0.1) is 7.11 Å². The summed E-state index contributed by atoms with van der Waals surface area (Å²) < 4.78 is 5.15. The predicted octanol–water partition coefficient (Wildman–Crippen LogP) is 2.64. The molecule has 0 bridgehead atoms. The average molecular weight is 284 g/mol. The van der Waals surface area contributed by atoms with Gasteiger partial charge < -0.3 is 15.8 Å². The zero-order valence-corrected chi connectivity index (χ0v) is 12.3. The molecule has 0 heterocycles. The Bertz CT molecular complexity index is 591. The second-order valence-electron chi connectivity index (χ2n) is 4.94. The Balaban J connectivity index is 1.93. The summed E-state index contributed by atoms with van der Waals surface area (Å²) in [5.41, 5.74) is 8.06. The summed E-state index contributed by atoms with van der Waals surface area (Å²) in [5, 5.41) is 3.44. The maximum Gasteiger partial charge on any atom is 0.248 e. The molecule has 0 saturated heterocycles. The molecule has 0 aliphatic carbocycles. The molecule has 1 amide bonds. The van der Waals surface area contributed by atoms with Crippen molar-refractivity contribution in [3.05, 3.63) is 65.2 Å².